The molecule has 0 bridgehead atoms. The summed E-state index contributed by atoms with van der Waals surface area (Å²) in [6.45, 7) is 4.21. The highest BCUT2D eigenvalue weighted by atomic mass is 32.2. The van der Waals surface area contributed by atoms with Crippen molar-refractivity contribution in [3.05, 3.63) is 66.0 Å². The summed E-state index contributed by atoms with van der Waals surface area (Å²) < 4.78 is 1.92. The molecule has 2 heterocycles. The number of nitrogens with zero attached hydrogens (tertiary/aromatic N) is 3. The summed E-state index contributed by atoms with van der Waals surface area (Å²) in [6, 6.07) is 13.9. The topological polar surface area (TPSA) is 59.8 Å². The molecule has 0 spiro atoms. The van der Waals surface area contributed by atoms with E-state index in [1.165, 1.54) is 30.2 Å². The van der Waals surface area contributed by atoms with Gasteiger partial charge in [0.05, 0.1) is 17.8 Å². The number of carbonyl (C=O) groups is 1. The highest BCUT2D eigenvalue weighted by Gasteiger charge is 2.31. The fourth-order valence-corrected chi connectivity index (χ4v) is 3.94. The van der Waals surface area contributed by atoms with Crippen molar-refractivity contribution in [2.24, 2.45) is 5.92 Å². The number of hydrogen-bond donors (Lipinski definition) is 1. The maximum atomic E-state index is 12.9. The van der Waals surface area contributed by atoms with E-state index in [0.717, 1.165) is 10.7 Å². The number of rotatable bonds is 6. The van der Waals surface area contributed by atoms with Gasteiger partial charge in [-0.2, -0.15) is 5.10 Å². The molecule has 4 rings (SSSR count). The average molecular weight is 379 g/mol. The number of pyridine rings is 1. The number of aromatic nitrogens is 3. The molecule has 2 aromatic heterocycles. The smallest absolute Gasteiger partial charge is 0.259 e. The first-order valence-electron chi connectivity index (χ1n) is 9.16. The van der Waals surface area contributed by atoms with Gasteiger partial charge in [0.15, 0.2) is 0 Å². The van der Waals surface area contributed by atoms with E-state index < -0.39 is 0 Å². The number of aryl methyl sites for hydroxylation is 1. The molecule has 27 heavy (non-hydrogen) atoms. The number of carbonyl (C=O) groups excluding carboxylic acids is 1. The predicted molar refractivity (Wildman–Crippen MR) is 107 cm³/mol. The molecule has 1 N–H and O–H groups in total. The van der Waals surface area contributed by atoms with Crippen LogP contribution in [0.25, 0.3) is 0 Å². The summed E-state index contributed by atoms with van der Waals surface area (Å²) >= 11 is 1.49. The third-order valence-corrected chi connectivity index (χ3v) is 5.88. The molecule has 1 amide bonds. The third kappa shape index (κ3) is 4.06. The molecule has 5 nitrogen and oxygen atoms in total. The molecule has 0 radical (unpaired) electrons. The lowest BCUT2D eigenvalue weighted by Gasteiger charge is -2.16. The van der Waals surface area contributed by atoms with Crippen LogP contribution in [0, 0.1) is 12.8 Å². The highest BCUT2D eigenvalue weighted by Crippen LogP contribution is 2.40. The quantitative estimate of drug-likeness (QED) is 0.658. The van der Waals surface area contributed by atoms with Crippen LogP contribution in [0.5, 0.6) is 0 Å². The molecular weight excluding hydrogens is 356 g/mol. The van der Waals surface area contributed by atoms with Crippen LogP contribution in [0.3, 0.4) is 0 Å². The molecule has 1 aliphatic carbocycles. The van der Waals surface area contributed by atoms with Crippen LogP contribution in [0.4, 0.5) is 5.82 Å². The Bertz CT molecular complexity index is 947. The molecule has 3 aromatic rings. The van der Waals surface area contributed by atoms with Crippen LogP contribution in [0.1, 0.15) is 41.7 Å². The van der Waals surface area contributed by atoms with Gasteiger partial charge in [0.2, 0.25) is 0 Å². The van der Waals surface area contributed by atoms with E-state index in [9.17, 15) is 4.79 Å². The number of benzene rings is 1. The second-order valence-corrected chi connectivity index (χ2v) is 8.03. The summed E-state index contributed by atoms with van der Waals surface area (Å²) in [7, 11) is 0. The van der Waals surface area contributed by atoms with Gasteiger partial charge in [-0.1, -0.05) is 29.5 Å². The van der Waals surface area contributed by atoms with Crippen LogP contribution in [0.2, 0.25) is 0 Å². The first-order valence-corrected chi connectivity index (χ1v) is 9.98. The zero-order chi connectivity index (χ0) is 18.8. The molecule has 6 heteroatoms. The fraction of sp³-hybridized carbons (Fsp3) is 0.286. The van der Waals surface area contributed by atoms with Gasteiger partial charge in [0, 0.05) is 17.2 Å². The van der Waals surface area contributed by atoms with E-state index in [4.69, 9.17) is 0 Å². The second kappa shape index (κ2) is 7.56. The lowest BCUT2D eigenvalue weighted by molar-refractivity contribution is 0.102. The molecule has 1 saturated carbocycles. The minimum absolute atomic E-state index is 0.164. The van der Waals surface area contributed by atoms with Crippen molar-refractivity contribution in [2.75, 3.05) is 5.32 Å². The van der Waals surface area contributed by atoms with Gasteiger partial charge in [-0.3, -0.25) is 4.79 Å². The predicted octanol–water partition coefficient (Wildman–Crippen LogP) is 4.96. The zero-order valence-electron chi connectivity index (χ0n) is 15.4. The molecule has 1 atom stereocenters. The van der Waals surface area contributed by atoms with Crippen LogP contribution >= 0.6 is 11.8 Å². The van der Waals surface area contributed by atoms with Crippen molar-refractivity contribution >= 4 is 23.5 Å². The SMILES string of the molecule is Cc1ccc(Sc2ncccc2C(=O)Nc2ccnn2[C@H](C)C2CC2)cc1. The van der Waals surface area contributed by atoms with Gasteiger partial charge in [-0.05, 0) is 56.9 Å². The Balaban J connectivity index is 1.54. The maximum absolute atomic E-state index is 12.9. The number of hydrogen-bond acceptors (Lipinski definition) is 4. The van der Waals surface area contributed by atoms with Crippen LogP contribution in [-0.2, 0) is 0 Å². The van der Waals surface area contributed by atoms with E-state index in [2.05, 4.69) is 41.4 Å². The van der Waals surface area contributed by atoms with Gasteiger partial charge in [0.25, 0.3) is 5.91 Å². The summed E-state index contributed by atoms with van der Waals surface area (Å²) in [5.74, 6) is 1.23. The first kappa shape index (κ1) is 17.8. The van der Waals surface area contributed by atoms with Gasteiger partial charge >= 0.3 is 0 Å². The van der Waals surface area contributed by atoms with Crippen molar-refractivity contribution in [3.63, 3.8) is 0 Å². The van der Waals surface area contributed by atoms with E-state index in [1.807, 2.05) is 28.9 Å². The second-order valence-electron chi connectivity index (χ2n) is 6.96. The monoisotopic (exact) mass is 378 g/mol. The maximum Gasteiger partial charge on any atom is 0.259 e. The van der Waals surface area contributed by atoms with Crippen LogP contribution in [-0.4, -0.2) is 20.7 Å². The number of amides is 1. The lowest BCUT2D eigenvalue weighted by atomic mass is 10.2. The van der Waals surface area contributed by atoms with Crippen LogP contribution < -0.4 is 5.32 Å². The zero-order valence-corrected chi connectivity index (χ0v) is 16.2. The molecule has 1 aromatic carbocycles. The number of nitrogens with one attached hydrogen (secondary N) is 1. The Morgan fingerprint density at radius 3 is 2.70 bits per heavy atom. The summed E-state index contributed by atoms with van der Waals surface area (Å²) in [6.07, 6.45) is 5.91. The minimum Gasteiger partial charge on any atom is -0.307 e. The molecule has 0 aliphatic heterocycles. The largest absolute Gasteiger partial charge is 0.307 e. The summed E-state index contributed by atoms with van der Waals surface area (Å²) in [5.41, 5.74) is 1.77. The van der Waals surface area contributed by atoms with Crippen molar-refractivity contribution in [1.29, 1.82) is 0 Å². The van der Waals surface area contributed by atoms with E-state index in [-0.39, 0.29) is 5.91 Å². The minimum atomic E-state index is -0.164. The van der Waals surface area contributed by atoms with E-state index in [0.29, 0.717) is 22.5 Å². The van der Waals surface area contributed by atoms with Crippen LogP contribution in [0.15, 0.2) is 64.8 Å². The molecular formula is C21H22N4OS. The van der Waals surface area contributed by atoms with Crippen molar-refractivity contribution in [1.82, 2.24) is 14.8 Å². The van der Waals surface area contributed by atoms with Gasteiger partial charge in [-0.15, -0.1) is 0 Å². The Hall–Kier alpha value is -2.60. The fourth-order valence-electron chi connectivity index (χ4n) is 3.06. The summed E-state index contributed by atoms with van der Waals surface area (Å²) in [4.78, 5) is 18.4. The van der Waals surface area contributed by atoms with E-state index in [1.54, 1.807) is 18.5 Å². The van der Waals surface area contributed by atoms with Crippen molar-refractivity contribution in [3.8, 4) is 0 Å². The molecule has 138 valence electrons. The van der Waals surface area contributed by atoms with E-state index >= 15 is 0 Å². The Morgan fingerprint density at radius 2 is 1.96 bits per heavy atom. The first-order chi connectivity index (χ1) is 13.1. The molecule has 1 fully saturated rings. The number of anilines is 1. The summed E-state index contributed by atoms with van der Waals surface area (Å²) in [5, 5.41) is 8.11. The average Bonchev–Trinajstić information content (AvgIpc) is 3.43. The Kier molecular flexibility index (Phi) is 4.99. The normalized spacial score (nSPS) is 14.7. The standard InChI is InChI=1S/C21H22N4OS/c1-14-5-9-17(10-6-14)27-21-18(4-3-12-22-21)20(26)24-19-11-13-23-25(19)15(2)16-7-8-16/h3-6,9-13,15-16H,7-8H2,1-2H3,(H,24,26)/t15-/m1/s1. The lowest BCUT2D eigenvalue weighted by Crippen LogP contribution is -2.19. The molecule has 0 saturated heterocycles. The van der Waals surface area contributed by atoms with Gasteiger partial charge < -0.3 is 5.32 Å². The van der Waals surface area contributed by atoms with Crippen molar-refractivity contribution in [2.45, 2.75) is 42.7 Å². The molecule has 0 unspecified atom stereocenters. The Morgan fingerprint density at radius 1 is 1.19 bits per heavy atom. The highest BCUT2D eigenvalue weighted by molar-refractivity contribution is 7.99. The Labute approximate surface area is 163 Å². The molecule has 1 aliphatic rings. The van der Waals surface area contributed by atoms with Gasteiger partial charge in [-0.25, -0.2) is 9.67 Å². The third-order valence-electron chi connectivity index (χ3n) is 4.85. The van der Waals surface area contributed by atoms with Gasteiger partial charge in [0.1, 0.15) is 10.8 Å². The van der Waals surface area contributed by atoms with Crippen molar-refractivity contribution < 1.29 is 4.79 Å².